The van der Waals surface area contributed by atoms with Gasteiger partial charge in [-0.05, 0) is 245 Å². The van der Waals surface area contributed by atoms with Crippen LogP contribution in [0.5, 0.6) is 0 Å². The van der Waals surface area contributed by atoms with E-state index < -0.39 is 0 Å². The second-order valence-electron chi connectivity index (χ2n) is 31.3. The van der Waals surface area contributed by atoms with Gasteiger partial charge in [-0.3, -0.25) is 0 Å². The fraction of sp³-hybridized carbons (Fsp3) is 0.0508. The lowest BCUT2D eigenvalue weighted by molar-refractivity contribution is 1.28. The zero-order valence-electron chi connectivity index (χ0n) is 70.3. The van der Waals surface area contributed by atoms with Gasteiger partial charge in [0.2, 0.25) is 0 Å². The summed E-state index contributed by atoms with van der Waals surface area (Å²) in [6.07, 6.45) is 0. The summed E-state index contributed by atoms with van der Waals surface area (Å²) < 4.78 is 0. The molecule has 0 aliphatic carbocycles. The highest BCUT2D eigenvalue weighted by molar-refractivity contribution is 6.06. The molecule has 21 aromatic carbocycles. The zero-order valence-corrected chi connectivity index (χ0v) is 70.3. The first-order chi connectivity index (χ1) is 60.5. The first kappa shape index (κ1) is 79.9. The first-order valence-electron chi connectivity index (χ1n) is 42.2. The summed E-state index contributed by atoms with van der Waals surface area (Å²) in [6, 6.07) is 169. The number of para-hydroxylation sites is 1. The summed E-state index contributed by atoms with van der Waals surface area (Å²) in [5.74, 6) is 0. The highest BCUT2D eigenvalue weighted by Gasteiger charge is 2.21. The molecule has 21 aromatic rings. The van der Waals surface area contributed by atoms with E-state index in [1.165, 1.54) is 154 Å². The molecule has 123 heavy (non-hydrogen) atoms. The van der Waals surface area contributed by atoms with Crippen molar-refractivity contribution in [3.8, 4) is 11.1 Å². The third kappa shape index (κ3) is 18.7. The van der Waals surface area contributed by atoms with Crippen LogP contribution in [0.15, 0.2) is 473 Å². The highest BCUT2D eigenvalue weighted by atomic mass is 15.2. The second-order valence-corrected chi connectivity index (χ2v) is 31.3. The fourth-order valence-electron chi connectivity index (χ4n) is 16.1. The maximum absolute atomic E-state index is 3.11. The van der Waals surface area contributed by atoms with Gasteiger partial charge >= 0.3 is 0 Å². The van der Waals surface area contributed by atoms with Crippen LogP contribution in [0, 0.1) is 34.6 Å². The van der Waals surface area contributed by atoms with Crippen LogP contribution in [-0.2, 0) is 0 Å². The lowest BCUT2D eigenvalue weighted by atomic mass is 10.0. The SMILES string of the molecule is CNc1ccc(-c2ccc(C)cc2)cc1.Cc1ccc(N(c2ccc3ccccc3c2)c2ccc3ccccc3c2)cc1.Cc1ccc(N(c2ccc3ccccc3c2)c2cccc3ccccc23)cc1.Cc1ccc(N(c2cccc3ccccc23)c2cccc3ccccc23)cc1.Cc1ccc(N(c2ccccc2)c2ccc3ccccc3c2)cc1. The standard InChI is InChI=1S/3C27H21N.C23H19N.C14H15N/c1-20-16-18-23(19-17-20)28(26-14-6-10-21-8-2-4-12-24(21)26)27-15-7-11-22-9-3-5-13-25(22)27;1-20-10-14-25(15-11-20)28(26-16-12-21-6-2-4-8-23(21)18-26)27-17-13-22-7-3-5-9-24(22)19-27;1-20-13-16-24(17-14-20)28(25-18-15-21-7-2-3-9-23(21)19-25)27-12-6-10-22-8-4-5-11-26(22)27;1-18-11-14-22(15-12-18)24(21-9-3-2-4-10-21)23-16-13-19-7-5-6-8-20(19)17-23;1-11-3-5-12(6-4-11)13-7-9-14(15-2)10-8-13/h3*2-19H,1H3;2-17H,1H3;3-10,15H,1-2H3. The van der Waals surface area contributed by atoms with Crippen molar-refractivity contribution < 1.29 is 0 Å². The van der Waals surface area contributed by atoms with E-state index in [1.807, 2.05) is 7.05 Å². The van der Waals surface area contributed by atoms with E-state index in [1.54, 1.807) is 0 Å². The maximum atomic E-state index is 3.11. The van der Waals surface area contributed by atoms with E-state index in [4.69, 9.17) is 0 Å². The average Bonchev–Trinajstić information content (AvgIpc) is 0.820. The van der Waals surface area contributed by atoms with E-state index in [-0.39, 0.29) is 0 Å². The smallest absolute Gasteiger partial charge is 0.0540 e. The van der Waals surface area contributed by atoms with Crippen molar-refractivity contribution in [2.24, 2.45) is 0 Å². The van der Waals surface area contributed by atoms with Crippen LogP contribution in [-0.4, -0.2) is 7.05 Å². The Labute approximate surface area is 723 Å². The third-order valence-corrected chi connectivity index (χ3v) is 22.7. The summed E-state index contributed by atoms with van der Waals surface area (Å²) in [6.45, 7) is 10.6. The van der Waals surface area contributed by atoms with E-state index in [0.717, 1.165) is 34.1 Å². The maximum Gasteiger partial charge on any atom is 0.0540 e. The van der Waals surface area contributed by atoms with Crippen molar-refractivity contribution in [2.75, 3.05) is 32.0 Å². The number of fused-ring (bicyclic) bond motifs is 7. The number of nitrogens with zero attached hydrogens (tertiary/aromatic N) is 4. The second kappa shape index (κ2) is 37.6. The molecule has 0 aromatic heterocycles. The Morgan fingerprint density at radius 1 is 0.154 bits per heavy atom. The van der Waals surface area contributed by atoms with Crippen molar-refractivity contribution in [3.05, 3.63) is 501 Å². The fourth-order valence-corrected chi connectivity index (χ4v) is 16.1. The molecule has 0 radical (unpaired) electrons. The van der Waals surface area contributed by atoms with Crippen molar-refractivity contribution in [2.45, 2.75) is 34.6 Å². The molecular formula is C118H97N5. The molecule has 5 heteroatoms. The molecule has 0 aliphatic rings. The molecule has 5 nitrogen and oxygen atoms in total. The van der Waals surface area contributed by atoms with Crippen molar-refractivity contribution in [3.63, 3.8) is 0 Å². The van der Waals surface area contributed by atoms with E-state index in [9.17, 15) is 0 Å². The van der Waals surface area contributed by atoms with Crippen LogP contribution in [0.2, 0.25) is 0 Å². The minimum Gasteiger partial charge on any atom is -0.388 e. The lowest BCUT2D eigenvalue weighted by Gasteiger charge is -2.28. The Balaban J connectivity index is 0.000000111. The molecule has 0 atom stereocenters. The van der Waals surface area contributed by atoms with Crippen molar-refractivity contribution in [1.82, 2.24) is 0 Å². The predicted octanol–water partition coefficient (Wildman–Crippen LogP) is 33.6. The summed E-state index contributed by atoms with van der Waals surface area (Å²) in [5.41, 5.74) is 24.1. The van der Waals surface area contributed by atoms with E-state index >= 15 is 0 Å². The zero-order chi connectivity index (χ0) is 83.8. The molecule has 0 saturated carbocycles. The Hall–Kier alpha value is -15.6. The molecule has 1 N–H and O–H groups in total. The summed E-state index contributed by atoms with van der Waals surface area (Å²) in [7, 11) is 1.93. The van der Waals surface area contributed by atoms with Crippen LogP contribution in [0.3, 0.4) is 0 Å². The molecule has 0 heterocycles. The van der Waals surface area contributed by atoms with Crippen LogP contribution >= 0.6 is 0 Å². The molecule has 594 valence electrons. The quantitative estimate of drug-likeness (QED) is 0.117. The first-order valence-corrected chi connectivity index (χ1v) is 42.2. The number of rotatable bonds is 14. The Bertz CT molecular complexity index is 6960. The van der Waals surface area contributed by atoms with Crippen LogP contribution in [0.1, 0.15) is 27.8 Å². The molecule has 0 amide bonds. The Kier molecular flexibility index (Phi) is 24.4. The number of benzene rings is 21. The largest absolute Gasteiger partial charge is 0.388 e. The normalized spacial score (nSPS) is 10.8. The third-order valence-electron chi connectivity index (χ3n) is 22.7. The summed E-state index contributed by atoms with van der Waals surface area (Å²) >= 11 is 0. The van der Waals surface area contributed by atoms with Gasteiger partial charge < -0.3 is 24.9 Å². The molecule has 0 bridgehead atoms. The number of aryl methyl sites for hydroxylation is 5. The molecule has 0 spiro atoms. The molecule has 0 fully saturated rings. The number of nitrogens with one attached hydrogen (secondary N) is 1. The lowest BCUT2D eigenvalue weighted by Crippen LogP contribution is -2.11. The molecular weight excluding hydrogens is 1490 g/mol. The number of anilines is 13. The minimum atomic E-state index is 1.14. The molecule has 0 aliphatic heterocycles. The molecule has 0 saturated heterocycles. The van der Waals surface area contributed by atoms with Crippen molar-refractivity contribution in [1.29, 1.82) is 0 Å². The van der Waals surface area contributed by atoms with Gasteiger partial charge in [0, 0.05) is 80.1 Å². The Morgan fingerprint density at radius 3 is 0.699 bits per heavy atom. The van der Waals surface area contributed by atoms with Gasteiger partial charge in [-0.1, -0.05) is 361 Å². The van der Waals surface area contributed by atoms with E-state index in [0.29, 0.717) is 0 Å². The van der Waals surface area contributed by atoms with Crippen LogP contribution < -0.4 is 24.9 Å². The number of hydrogen-bond donors (Lipinski definition) is 1. The van der Waals surface area contributed by atoms with Crippen LogP contribution in [0.4, 0.5) is 73.9 Å². The Morgan fingerprint density at radius 2 is 0.374 bits per heavy atom. The van der Waals surface area contributed by atoms with E-state index in [2.05, 4.69) is 533 Å². The van der Waals surface area contributed by atoms with Crippen LogP contribution in [0.25, 0.3) is 86.5 Å². The summed E-state index contributed by atoms with van der Waals surface area (Å²) in [4.78, 5) is 9.36. The molecule has 21 rings (SSSR count). The van der Waals surface area contributed by atoms with Crippen molar-refractivity contribution >= 4 is 149 Å². The topological polar surface area (TPSA) is 25.0 Å². The van der Waals surface area contributed by atoms with Gasteiger partial charge in [0.25, 0.3) is 0 Å². The highest BCUT2D eigenvalue weighted by Crippen LogP contribution is 2.45. The minimum absolute atomic E-state index is 1.14. The van der Waals surface area contributed by atoms with Gasteiger partial charge in [-0.15, -0.1) is 0 Å². The molecule has 0 unspecified atom stereocenters. The summed E-state index contributed by atoms with van der Waals surface area (Å²) in [5, 5.41) is 20.6. The van der Waals surface area contributed by atoms with Gasteiger partial charge in [-0.25, -0.2) is 0 Å². The van der Waals surface area contributed by atoms with Gasteiger partial charge in [0.1, 0.15) is 0 Å². The number of hydrogen-bond acceptors (Lipinski definition) is 5. The van der Waals surface area contributed by atoms with Gasteiger partial charge in [-0.2, -0.15) is 0 Å². The predicted molar refractivity (Wildman–Crippen MR) is 532 cm³/mol. The average molecular weight is 1590 g/mol. The van der Waals surface area contributed by atoms with Gasteiger partial charge in [0.05, 0.1) is 17.1 Å². The monoisotopic (exact) mass is 1580 g/mol. The van der Waals surface area contributed by atoms with Gasteiger partial charge in [0.15, 0.2) is 0 Å².